The molecule has 0 spiro atoms. The zero-order valence-corrected chi connectivity index (χ0v) is 19.6. The van der Waals surface area contributed by atoms with Crippen molar-refractivity contribution in [3.63, 3.8) is 0 Å². The van der Waals surface area contributed by atoms with Crippen LogP contribution in [0.4, 0.5) is 0 Å². The van der Waals surface area contributed by atoms with Crippen LogP contribution in [0.5, 0.6) is 0 Å². The maximum atomic E-state index is 13.4. The minimum atomic E-state index is -0.425. The highest BCUT2D eigenvalue weighted by molar-refractivity contribution is 5.84. The van der Waals surface area contributed by atoms with Crippen LogP contribution in [0.15, 0.2) is 0 Å². The van der Waals surface area contributed by atoms with Crippen molar-refractivity contribution in [1.29, 1.82) is 0 Å². The Morgan fingerprint density at radius 2 is 1.63 bits per heavy atom. The average molecular weight is 417 g/mol. The molecule has 5 fully saturated rings. The molecule has 0 aromatic carbocycles. The first-order valence-corrected chi connectivity index (χ1v) is 12.9. The summed E-state index contributed by atoms with van der Waals surface area (Å²) in [5.74, 6) is 4.90. The molecular weight excluding hydrogens is 372 g/mol. The van der Waals surface area contributed by atoms with Gasteiger partial charge < -0.3 is 10.0 Å². The van der Waals surface area contributed by atoms with E-state index in [1.54, 1.807) is 0 Å². The molecule has 0 aromatic heterocycles. The molecule has 4 aliphatic carbocycles. The molecule has 0 radical (unpaired) electrons. The van der Waals surface area contributed by atoms with E-state index in [0.29, 0.717) is 18.2 Å². The second-order valence-electron chi connectivity index (χ2n) is 12.4. The van der Waals surface area contributed by atoms with Crippen molar-refractivity contribution < 1.29 is 9.90 Å². The number of likely N-dealkylation sites (N-methyl/N-ethyl adjacent to an activating group) is 1. The summed E-state index contributed by atoms with van der Waals surface area (Å²) < 4.78 is 0. The van der Waals surface area contributed by atoms with Gasteiger partial charge in [-0.3, -0.25) is 9.69 Å². The number of hydrogen-bond acceptors (Lipinski definition) is 4. The van der Waals surface area contributed by atoms with Gasteiger partial charge in [0.1, 0.15) is 5.78 Å². The van der Waals surface area contributed by atoms with E-state index in [1.807, 2.05) is 0 Å². The summed E-state index contributed by atoms with van der Waals surface area (Å²) in [4.78, 5) is 18.2. The smallest absolute Gasteiger partial charge is 0.150 e. The summed E-state index contributed by atoms with van der Waals surface area (Å²) in [5.41, 5.74) is -0.177. The molecule has 4 nitrogen and oxygen atoms in total. The third kappa shape index (κ3) is 3.69. The zero-order chi connectivity index (χ0) is 21.1. The fourth-order valence-electron chi connectivity index (χ4n) is 8.95. The number of aliphatic hydroxyl groups is 1. The molecule has 1 unspecified atom stereocenters. The lowest BCUT2D eigenvalue weighted by atomic mass is 9.49. The van der Waals surface area contributed by atoms with Crippen LogP contribution >= 0.6 is 0 Å². The number of fused-ring (bicyclic) bond motifs is 5. The van der Waals surface area contributed by atoms with Gasteiger partial charge in [-0.2, -0.15) is 0 Å². The highest BCUT2D eigenvalue weighted by atomic mass is 16.3. The summed E-state index contributed by atoms with van der Waals surface area (Å²) in [5, 5.41) is 10.6. The third-order valence-corrected chi connectivity index (χ3v) is 10.6. The fourth-order valence-corrected chi connectivity index (χ4v) is 8.95. The highest BCUT2D eigenvalue weighted by Gasteiger charge is 2.58. The summed E-state index contributed by atoms with van der Waals surface area (Å²) in [6, 6.07) is 0. The van der Waals surface area contributed by atoms with Crippen molar-refractivity contribution in [2.24, 2.45) is 40.9 Å². The van der Waals surface area contributed by atoms with Gasteiger partial charge in [0.05, 0.1) is 12.1 Å². The van der Waals surface area contributed by atoms with E-state index in [0.717, 1.165) is 75.0 Å². The molecule has 8 atom stereocenters. The van der Waals surface area contributed by atoms with Crippen LogP contribution in [0.3, 0.4) is 0 Å². The molecule has 30 heavy (non-hydrogen) atoms. The first-order valence-electron chi connectivity index (χ1n) is 12.9. The van der Waals surface area contributed by atoms with Crippen molar-refractivity contribution in [2.75, 3.05) is 39.8 Å². The van der Waals surface area contributed by atoms with E-state index in [-0.39, 0.29) is 5.41 Å². The zero-order valence-electron chi connectivity index (χ0n) is 19.6. The van der Waals surface area contributed by atoms with E-state index < -0.39 is 5.60 Å². The predicted octanol–water partition coefficient (Wildman–Crippen LogP) is 3.82. The molecule has 5 aliphatic rings. The van der Waals surface area contributed by atoms with Gasteiger partial charge >= 0.3 is 0 Å². The Labute approximate surface area is 183 Å². The number of Topliss-reactive ketones (excluding diaryl/α,β-unsaturated/α-hetero) is 1. The standard InChI is InChI=1S/C26H44N2O2/c1-25(30)10-8-19-18(16-25)4-5-21-20(19)9-11-26(2)22(21)6-7-23(26)24(29)17-28-14-12-27(3)13-15-28/h18-23,30H,4-17H2,1-3H3/t18-,19+,20?,21-,22+,23-,25-,26+/m1/s1. The maximum Gasteiger partial charge on any atom is 0.150 e. The Kier molecular flexibility index (Phi) is 5.60. The van der Waals surface area contributed by atoms with Crippen LogP contribution in [0.2, 0.25) is 0 Å². The molecule has 0 aromatic rings. The van der Waals surface area contributed by atoms with Crippen LogP contribution in [-0.4, -0.2) is 66.1 Å². The van der Waals surface area contributed by atoms with Crippen molar-refractivity contribution in [3.8, 4) is 0 Å². The lowest BCUT2D eigenvalue weighted by Gasteiger charge is -2.57. The van der Waals surface area contributed by atoms with Crippen molar-refractivity contribution >= 4 is 5.78 Å². The molecule has 4 heteroatoms. The second-order valence-corrected chi connectivity index (χ2v) is 12.4. The number of hydrogen-bond donors (Lipinski definition) is 1. The Morgan fingerprint density at radius 1 is 0.900 bits per heavy atom. The molecule has 4 saturated carbocycles. The first kappa shape index (κ1) is 21.4. The highest BCUT2D eigenvalue weighted by Crippen LogP contribution is 2.64. The van der Waals surface area contributed by atoms with E-state index in [1.165, 1.54) is 38.5 Å². The van der Waals surface area contributed by atoms with Crippen LogP contribution in [0.25, 0.3) is 0 Å². The van der Waals surface area contributed by atoms with Crippen LogP contribution in [0.1, 0.15) is 71.6 Å². The molecule has 1 saturated heterocycles. The normalized spacial score (nSPS) is 49.9. The van der Waals surface area contributed by atoms with Gasteiger partial charge in [0, 0.05) is 32.1 Å². The molecule has 0 amide bonds. The van der Waals surface area contributed by atoms with Crippen molar-refractivity contribution in [2.45, 2.75) is 77.2 Å². The second kappa shape index (κ2) is 7.85. The molecule has 1 N–H and O–H groups in total. The molecule has 0 bridgehead atoms. The predicted molar refractivity (Wildman–Crippen MR) is 120 cm³/mol. The van der Waals surface area contributed by atoms with Crippen LogP contribution < -0.4 is 0 Å². The van der Waals surface area contributed by atoms with Crippen LogP contribution in [-0.2, 0) is 4.79 Å². The van der Waals surface area contributed by atoms with Crippen LogP contribution in [0, 0.1) is 40.9 Å². The van der Waals surface area contributed by atoms with Gasteiger partial charge in [-0.1, -0.05) is 6.92 Å². The molecular formula is C26H44N2O2. The molecule has 5 rings (SSSR count). The summed E-state index contributed by atoms with van der Waals surface area (Å²) in [6.45, 7) is 9.52. The van der Waals surface area contributed by atoms with E-state index >= 15 is 0 Å². The first-order chi connectivity index (χ1) is 14.3. The summed E-state index contributed by atoms with van der Waals surface area (Å²) >= 11 is 0. The number of rotatable bonds is 3. The van der Waals surface area contributed by atoms with Gasteiger partial charge in [0.15, 0.2) is 0 Å². The number of carbonyl (C=O) groups excluding carboxylic acids is 1. The fraction of sp³-hybridized carbons (Fsp3) is 0.962. The topological polar surface area (TPSA) is 43.8 Å². The van der Waals surface area contributed by atoms with Gasteiger partial charge in [-0.05, 0) is 107 Å². The average Bonchev–Trinajstić information content (AvgIpc) is 3.06. The van der Waals surface area contributed by atoms with E-state index in [9.17, 15) is 9.90 Å². The summed E-state index contributed by atoms with van der Waals surface area (Å²) in [7, 11) is 2.18. The largest absolute Gasteiger partial charge is 0.390 e. The van der Waals surface area contributed by atoms with Gasteiger partial charge in [-0.15, -0.1) is 0 Å². The monoisotopic (exact) mass is 416 g/mol. The van der Waals surface area contributed by atoms with Crippen molar-refractivity contribution in [3.05, 3.63) is 0 Å². The number of piperazine rings is 1. The third-order valence-electron chi connectivity index (χ3n) is 10.6. The van der Waals surface area contributed by atoms with Gasteiger partial charge in [-0.25, -0.2) is 0 Å². The number of ketones is 1. The summed E-state index contributed by atoms with van der Waals surface area (Å²) in [6.07, 6.45) is 10.9. The number of nitrogens with zero attached hydrogens (tertiary/aromatic N) is 2. The molecule has 1 aliphatic heterocycles. The molecule has 1 heterocycles. The Balaban J connectivity index is 1.26. The van der Waals surface area contributed by atoms with E-state index in [4.69, 9.17) is 0 Å². The Morgan fingerprint density at radius 3 is 2.40 bits per heavy atom. The van der Waals surface area contributed by atoms with Gasteiger partial charge in [0.2, 0.25) is 0 Å². The van der Waals surface area contributed by atoms with Crippen molar-refractivity contribution in [1.82, 2.24) is 9.80 Å². The van der Waals surface area contributed by atoms with E-state index in [2.05, 4.69) is 30.7 Å². The number of carbonyl (C=O) groups is 1. The molecule has 170 valence electrons. The lowest BCUT2D eigenvalue weighted by molar-refractivity contribution is -0.133. The lowest BCUT2D eigenvalue weighted by Crippen LogP contribution is -2.52. The Bertz CT molecular complexity index is 655. The quantitative estimate of drug-likeness (QED) is 0.760. The minimum Gasteiger partial charge on any atom is -0.390 e. The minimum absolute atomic E-state index is 0.248. The maximum absolute atomic E-state index is 13.4. The Hall–Kier alpha value is -0.450. The van der Waals surface area contributed by atoms with Gasteiger partial charge in [0.25, 0.3) is 0 Å². The SMILES string of the molecule is CN1CCN(CC(=O)[C@H]2CC[C@H]3[C@@H]4CC[C@@H]5C[C@](C)(O)CC[C@@H]5C4CC[C@]23C)CC1.